The first-order valence-electron chi connectivity index (χ1n) is 3.28. The molecule has 0 amide bonds. The fourth-order valence-electron chi connectivity index (χ4n) is 1.09. The number of nitrogens with two attached hydrogens (primary N) is 1. The number of aliphatic hydroxyl groups is 1. The average molecular weight is 155 g/mol. The molecule has 2 nitrogen and oxygen atoms in total. The van der Waals surface area contributed by atoms with Gasteiger partial charge in [-0.3, -0.25) is 0 Å². The lowest BCUT2D eigenvalue weighted by Crippen LogP contribution is -2.04. The highest BCUT2D eigenvalue weighted by Gasteiger charge is 2.43. The number of hydrogen-bond donors (Lipinski definition) is 2. The van der Waals surface area contributed by atoms with Gasteiger partial charge in [-0.25, -0.2) is 0 Å². The minimum absolute atomic E-state index is 0.552. The number of hydrogen-bond acceptors (Lipinski definition) is 3. The summed E-state index contributed by atoms with van der Waals surface area (Å²) in [7, 11) is 0. The van der Waals surface area contributed by atoms with Gasteiger partial charge in [0.25, 0.3) is 0 Å². The van der Waals surface area contributed by atoms with E-state index in [0.29, 0.717) is 0 Å². The van der Waals surface area contributed by atoms with Crippen LogP contribution in [0.2, 0.25) is 0 Å². The van der Waals surface area contributed by atoms with E-state index in [1.54, 1.807) is 0 Å². The maximum absolute atomic E-state index is 9.60. The maximum Gasteiger partial charge on any atom is 0.0927 e. The van der Waals surface area contributed by atoms with Crippen molar-refractivity contribution in [3.05, 3.63) is 17.0 Å². The van der Waals surface area contributed by atoms with Crippen LogP contribution in [0.3, 0.4) is 0 Å². The molecule has 0 radical (unpaired) electrons. The summed E-state index contributed by atoms with van der Waals surface area (Å²) in [5, 5.41) is 12.3. The Balaban J connectivity index is 2.42. The highest BCUT2D eigenvalue weighted by atomic mass is 32.1. The van der Waals surface area contributed by atoms with Crippen LogP contribution in [0.5, 0.6) is 0 Å². The summed E-state index contributed by atoms with van der Waals surface area (Å²) < 4.78 is 0. The van der Waals surface area contributed by atoms with Crippen molar-refractivity contribution in [2.75, 3.05) is 5.73 Å². The topological polar surface area (TPSA) is 46.2 Å². The molecular weight excluding hydrogens is 146 g/mol. The number of rotatable bonds is 1. The minimum atomic E-state index is -0.552. The molecule has 3 heteroatoms. The van der Waals surface area contributed by atoms with Crippen molar-refractivity contribution in [3.63, 3.8) is 0 Å². The summed E-state index contributed by atoms with van der Waals surface area (Å²) in [5.41, 5.74) is 6.00. The van der Waals surface area contributed by atoms with E-state index in [2.05, 4.69) is 0 Å². The van der Waals surface area contributed by atoms with E-state index in [1.807, 2.05) is 11.4 Å². The van der Waals surface area contributed by atoms with Crippen LogP contribution in [-0.2, 0) is 5.60 Å². The summed E-state index contributed by atoms with van der Waals surface area (Å²) >= 11 is 1.49. The fourth-order valence-corrected chi connectivity index (χ4v) is 1.83. The first kappa shape index (κ1) is 6.19. The summed E-state index contributed by atoms with van der Waals surface area (Å²) in [4.78, 5) is 0. The second kappa shape index (κ2) is 1.74. The van der Waals surface area contributed by atoms with Crippen LogP contribution in [0.1, 0.15) is 18.4 Å². The van der Waals surface area contributed by atoms with Gasteiger partial charge in [0.05, 0.1) is 10.6 Å². The number of anilines is 1. The molecule has 54 valence electrons. The van der Waals surface area contributed by atoms with Crippen LogP contribution in [0, 0.1) is 0 Å². The molecule has 0 unspecified atom stereocenters. The van der Waals surface area contributed by atoms with E-state index in [-0.39, 0.29) is 0 Å². The van der Waals surface area contributed by atoms with E-state index in [4.69, 9.17) is 5.73 Å². The van der Waals surface area contributed by atoms with Gasteiger partial charge >= 0.3 is 0 Å². The molecule has 1 heterocycles. The monoisotopic (exact) mass is 155 g/mol. The van der Waals surface area contributed by atoms with E-state index in [9.17, 15) is 5.11 Å². The van der Waals surface area contributed by atoms with Gasteiger partial charge in [-0.1, -0.05) is 0 Å². The van der Waals surface area contributed by atoms with Gasteiger partial charge in [-0.05, 0) is 24.3 Å². The van der Waals surface area contributed by atoms with Gasteiger partial charge < -0.3 is 10.8 Å². The Morgan fingerprint density at radius 1 is 1.60 bits per heavy atom. The van der Waals surface area contributed by atoms with Crippen molar-refractivity contribution in [1.29, 1.82) is 0 Å². The summed E-state index contributed by atoms with van der Waals surface area (Å²) in [5.74, 6) is 0. The molecule has 0 saturated heterocycles. The van der Waals surface area contributed by atoms with Crippen LogP contribution >= 0.6 is 11.3 Å². The average Bonchev–Trinajstić information content (AvgIpc) is 2.44. The van der Waals surface area contributed by atoms with Crippen molar-refractivity contribution in [2.24, 2.45) is 0 Å². The molecule has 3 N–H and O–H groups in total. The molecule has 1 fully saturated rings. The fraction of sp³-hybridized carbons (Fsp3) is 0.429. The summed E-state index contributed by atoms with van der Waals surface area (Å²) in [6.07, 6.45) is 1.74. The molecule has 0 aliphatic heterocycles. The normalized spacial score (nSPS) is 20.9. The van der Waals surface area contributed by atoms with E-state index >= 15 is 0 Å². The Labute approximate surface area is 63.3 Å². The largest absolute Gasteiger partial charge is 0.390 e. The first-order valence-corrected chi connectivity index (χ1v) is 4.16. The number of thiophene rings is 1. The second-order valence-corrected chi connectivity index (χ2v) is 3.68. The Kier molecular flexibility index (Phi) is 1.08. The number of nitrogen functional groups attached to an aromatic ring is 1. The van der Waals surface area contributed by atoms with Crippen molar-refractivity contribution >= 4 is 16.3 Å². The lowest BCUT2D eigenvalue weighted by Gasteiger charge is -2.04. The van der Waals surface area contributed by atoms with E-state index in [0.717, 1.165) is 23.4 Å². The molecule has 2 rings (SSSR count). The molecule has 1 saturated carbocycles. The van der Waals surface area contributed by atoms with E-state index in [1.165, 1.54) is 11.3 Å². The van der Waals surface area contributed by atoms with Crippen LogP contribution in [-0.4, -0.2) is 5.11 Å². The van der Waals surface area contributed by atoms with Gasteiger partial charge in [0.15, 0.2) is 0 Å². The molecule has 0 aromatic carbocycles. The van der Waals surface area contributed by atoms with Crippen molar-refractivity contribution in [3.8, 4) is 0 Å². The van der Waals surface area contributed by atoms with Crippen molar-refractivity contribution in [2.45, 2.75) is 18.4 Å². The smallest absolute Gasteiger partial charge is 0.0927 e. The highest BCUT2D eigenvalue weighted by Crippen LogP contribution is 2.48. The van der Waals surface area contributed by atoms with Crippen molar-refractivity contribution in [1.82, 2.24) is 0 Å². The van der Waals surface area contributed by atoms with Crippen LogP contribution in [0.4, 0.5) is 5.00 Å². The van der Waals surface area contributed by atoms with E-state index < -0.39 is 5.60 Å². The van der Waals surface area contributed by atoms with Gasteiger partial charge in [-0.2, -0.15) is 0 Å². The molecule has 1 aromatic rings. The first-order chi connectivity index (χ1) is 4.72. The Morgan fingerprint density at radius 3 is 2.70 bits per heavy atom. The predicted octanol–water partition coefficient (Wildman–Crippen LogP) is 1.31. The summed E-state index contributed by atoms with van der Waals surface area (Å²) in [6.45, 7) is 0. The second-order valence-electron chi connectivity index (χ2n) is 2.73. The lowest BCUT2D eigenvalue weighted by molar-refractivity contribution is 0.153. The standard InChI is InChI=1S/C7H9NOS/c8-6-5(1-4-10-6)7(9)2-3-7/h1,4,9H,2-3,8H2. The third-order valence-corrected chi connectivity index (χ3v) is 2.67. The Morgan fingerprint density at radius 2 is 2.30 bits per heavy atom. The predicted molar refractivity (Wildman–Crippen MR) is 41.9 cm³/mol. The molecule has 0 bridgehead atoms. The van der Waals surface area contributed by atoms with Gasteiger partial charge in [0.1, 0.15) is 0 Å². The SMILES string of the molecule is Nc1sccc1C1(O)CC1. The zero-order chi connectivity index (χ0) is 7.19. The lowest BCUT2D eigenvalue weighted by atomic mass is 10.1. The third kappa shape index (κ3) is 0.744. The van der Waals surface area contributed by atoms with Gasteiger partial charge in [0.2, 0.25) is 0 Å². The van der Waals surface area contributed by atoms with Crippen molar-refractivity contribution < 1.29 is 5.11 Å². The maximum atomic E-state index is 9.60. The molecule has 0 atom stereocenters. The highest BCUT2D eigenvalue weighted by molar-refractivity contribution is 7.14. The quantitative estimate of drug-likeness (QED) is 0.642. The Hall–Kier alpha value is -0.540. The zero-order valence-corrected chi connectivity index (χ0v) is 6.32. The molecular formula is C7H9NOS. The van der Waals surface area contributed by atoms with Crippen LogP contribution in [0.25, 0.3) is 0 Å². The third-order valence-electron chi connectivity index (χ3n) is 1.92. The molecule has 1 aliphatic carbocycles. The summed E-state index contributed by atoms with van der Waals surface area (Å²) in [6, 6.07) is 1.91. The molecule has 1 aromatic heterocycles. The molecule has 1 aliphatic rings. The van der Waals surface area contributed by atoms with Gasteiger partial charge in [-0.15, -0.1) is 11.3 Å². The zero-order valence-electron chi connectivity index (χ0n) is 5.50. The molecule has 10 heavy (non-hydrogen) atoms. The Bertz CT molecular complexity index is 252. The van der Waals surface area contributed by atoms with Crippen LogP contribution in [0.15, 0.2) is 11.4 Å². The van der Waals surface area contributed by atoms with Crippen LogP contribution < -0.4 is 5.73 Å². The van der Waals surface area contributed by atoms with Gasteiger partial charge in [0, 0.05) is 5.56 Å². The minimum Gasteiger partial charge on any atom is -0.390 e. The molecule has 0 spiro atoms.